The van der Waals surface area contributed by atoms with Crippen LogP contribution in [0.25, 0.3) is 0 Å². The van der Waals surface area contributed by atoms with E-state index in [4.69, 9.17) is 0 Å². The number of pyridine rings is 1. The van der Waals surface area contributed by atoms with Gasteiger partial charge in [-0.1, -0.05) is 13.8 Å². The topological polar surface area (TPSA) is 45.2 Å². The molecule has 0 spiro atoms. The fourth-order valence-corrected chi connectivity index (χ4v) is 1.78. The van der Waals surface area contributed by atoms with E-state index in [2.05, 4.69) is 10.3 Å². The Labute approximate surface area is 109 Å². The van der Waals surface area contributed by atoms with Crippen molar-refractivity contribution in [2.24, 2.45) is 5.92 Å². The van der Waals surface area contributed by atoms with E-state index < -0.39 is 0 Å². The highest BCUT2D eigenvalue weighted by Gasteiger charge is 2.16. The van der Waals surface area contributed by atoms with Gasteiger partial charge < -0.3 is 10.2 Å². The van der Waals surface area contributed by atoms with Crippen molar-refractivity contribution in [2.75, 3.05) is 26.7 Å². The highest BCUT2D eigenvalue weighted by molar-refractivity contribution is 5.78. The molecule has 0 bridgehead atoms. The summed E-state index contributed by atoms with van der Waals surface area (Å²) in [6.07, 6.45) is 4.44. The van der Waals surface area contributed by atoms with Crippen LogP contribution in [0.1, 0.15) is 19.4 Å². The number of hydrogen-bond donors (Lipinski definition) is 1. The van der Waals surface area contributed by atoms with Crippen molar-refractivity contribution >= 4 is 5.91 Å². The van der Waals surface area contributed by atoms with Crippen LogP contribution >= 0.6 is 0 Å². The lowest BCUT2D eigenvalue weighted by molar-refractivity contribution is -0.133. The molecule has 1 rings (SSSR count). The Kier molecular flexibility index (Phi) is 6.36. The van der Waals surface area contributed by atoms with E-state index in [1.807, 2.05) is 37.9 Å². The molecule has 0 fully saturated rings. The first kappa shape index (κ1) is 14.6. The zero-order chi connectivity index (χ0) is 13.4. The third-order valence-corrected chi connectivity index (χ3v) is 2.98. The SMILES string of the molecule is CCNCC(C)C(=O)N(C)CCc1ccncc1. The largest absolute Gasteiger partial charge is 0.345 e. The monoisotopic (exact) mass is 249 g/mol. The summed E-state index contributed by atoms with van der Waals surface area (Å²) in [6.45, 7) is 6.41. The molecule has 4 nitrogen and oxygen atoms in total. The van der Waals surface area contributed by atoms with Crippen molar-refractivity contribution in [1.29, 1.82) is 0 Å². The van der Waals surface area contributed by atoms with Gasteiger partial charge in [-0.2, -0.15) is 0 Å². The van der Waals surface area contributed by atoms with Gasteiger partial charge >= 0.3 is 0 Å². The number of nitrogens with zero attached hydrogens (tertiary/aromatic N) is 2. The van der Waals surface area contributed by atoms with E-state index in [0.717, 1.165) is 26.1 Å². The summed E-state index contributed by atoms with van der Waals surface area (Å²) in [5, 5.41) is 3.20. The number of likely N-dealkylation sites (N-methyl/N-ethyl adjacent to an activating group) is 1. The van der Waals surface area contributed by atoms with E-state index in [0.29, 0.717) is 0 Å². The lowest BCUT2D eigenvalue weighted by atomic mass is 10.1. The maximum atomic E-state index is 12.0. The van der Waals surface area contributed by atoms with Crippen LogP contribution in [0.2, 0.25) is 0 Å². The van der Waals surface area contributed by atoms with Crippen molar-refractivity contribution in [2.45, 2.75) is 20.3 Å². The van der Waals surface area contributed by atoms with Gasteiger partial charge in [0.2, 0.25) is 5.91 Å². The van der Waals surface area contributed by atoms with E-state index in [9.17, 15) is 4.79 Å². The van der Waals surface area contributed by atoms with Gasteiger partial charge in [-0.05, 0) is 30.7 Å². The molecule has 1 aromatic heterocycles. The predicted octanol–water partition coefficient (Wildman–Crippen LogP) is 1.33. The van der Waals surface area contributed by atoms with Crippen LogP contribution in [-0.2, 0) is 11.2 Å². The second kappa shape index (κ2) is 7.82. The molecule has 0 saturated carbocycles. The normalized spacial score (nSPS) is 12.2. The zero-order valence-electron chi connectivity index (χ0n) is 11.5. The summed E-state index contributed by atoms with van der Waals surface area (Å²) in [6, 6.07) is 3.97. The number of nitrogens with one attached hydrogen (secondary N) is 1. The summed E-state index contributed by atoms with van der Waals surface area (Å²) in [5.74, 6) is 0.234. The van der Waals surface area contributed by atoms with E-state index in [1.54, 1.807) is 12.4 Å². The third-order valence-electron chi connectivity index (χ3n) is 2.98. The fourth-order valence-electron chi connectivity index (χ4n) is 1.78. The van der Waals surface area contributed by atoms with Gasteiger partial charge in [0.25, 0.3) is 0 Å². The Hall–Kier alpha value is -1.42. The van der Waals surface area contributed by atoms with Crippen LogP contribution in [0.5, 0.6) is 0 Å². The van der Waals surface area contributed by atoms with Crippen molar-refractivity contribution in [3.8, 4) is 0 Å². The lowest BCUT2D eigenvalue weighted by Crippen LogP contribution is -2.37. The van der Waals surface area contributed by atoms with Crippen LogP contribution in [-0.4, -0.2) is 42.5 Å². The first-order valence-electron chi connectivity index (χ1n) is 6.49. The Morgan fingerprint density at radius 2 is 2.11 bits per heavy atom. The van der Waals surface area contributed by atoms with Crippen molar-refractivity contribution in [1.82, 2.24) is 15.2 Å². The second-order valence-electron chi connectivity index (χ2n) is 4.57. The molecular weight excluding hydrogens is 226 g/mol. The quantitative estimate of drug-likeness (QED) is 0.793. The molecule has 1 heterocycles. The molecule has 0 radical (unpaired) electrons. The molecule has 1 amide bonds. The summed E-state index contributed by atoms with van der Waals surface area (Å²) in [5.41, 5.74) is 1.21. The smallest absolute Gasteiger partial charge is 0.226 e. The average Bonchev–Trinajstić information content (AvgIpc) is 2.42. The minimum atomic E-state index is 0.0346. The fraction of sp³-hybridized carbons (Fsp3) is 0.571. The number of rotatable bonds is 7. The van der Waals surface area contributed by atoms with Crippen molar-refractivity contribution < 1.29 is 4.79 Å². The van der Waals surface area contributed by atoms with Crippen LogP contribution in [0.15, 0.2) is 24.5 Å². The molecule has 18 heavy (non-hydrogen) atoms. The number of amides is 1. The molecule has 1 N–H and O–H groups in total. The molecule has 100 valence electrons. The molecule has 0 aliphatic rings. The number of carbonyl (C=O) groups is 1. The molecule has 0 aromatic carbocycles. The van der Waals surface area contributed by atoms with Gasteiger partial charge in [0.05, 0.1) is 0 Å². The summed E-state index contributed by atoms with van der Waals surface area (Å²) in [7, 11) is 1.87. The van der Waals surface area contributed by atoms with Crippen LogP contribution in [0, 0.1) is 5.92 Å². The van der Waals surface area contributed by atoms with Gasteiger partial charge in [-0.3, -0.25) is 9.78 Å². The maximum Gasteiger partial charge on any atom is 0.226 e. The Morgan fingerprint density at radius 1 is 1.44 bits per heavy atom. The first-order chi connectivity index (χ1) is 8.65. The zero-order valence-corrected chi connectivity index (χ0v) is 11.5. The maximum absolute atomic E-state index is 12.0. The van der Waals surface area contributed by atoms with E-state index in [-0.39, 0.29) is 11.8 Å². The minimum Gasteiger partial charge on any atom is -0.345 e. The summed E-state index contributed by atoms with van der Waals surface area (Å²) < 4.78 is 0. The van der Waals surface area contributed by atoms with Crippen LogP contribution < -0.4 is 5.32 Å². The predicted molar refractivity (Wildman–Crippen MR) is 73.3 cm³/mol. The Morgan fingerprint density at radius 3 is 2.72 bits per heavy atom. The summed E-state index contributed by atoms with van der Waals surface area (Å²) >= 11 is 0. The van der Waals surface area contributed by atoms with Crippen molar-refractivity contribution in [3.05, 3.63) is 30.1 Å². The minimum absolute atomic E-state index is 0.0346. The average molecular weight is 249 g/mol. The third kappa shape index (κ3) is 4.84. The number of carbonyl (C=O) groups excluding carboxylic acids is 1. The molecular formula is C14H23N3O. The molecule has 1 aromatic rings. The first-order valence-corrected chi connectivity index (χ1v) is 6.49. The van der Waals surface area contributed by atoms with Crippen LogP contribution in [0.4, 0.5) is 0 Å². The van der Waals surface area contributed by atoms with E-state index >= 15 is 0 Å². The van der Waals surface area contributed by atoms with Gasteiger partial charge in [-0.25, -0.2) is 0 Å². The Bertz CT molecular complexity index is 353. The van der Waals surface area contributed by atoms with Gasteiger partial charge in [0, 0.05) is 38.4 Å². The highest BCUT2D eigenvalue weighted by Crippen LogP contribution is 2.03. The van der Waals surface area contributed by atoms with E-state index in [1.165, 1.54) is 5.56 Å². The standard InChI is InChI=1S/C14H23N3O/c1-4-15-11-12(2)14(18)17(3)10-7-13-5-8-16-9-6-13/h5-6,8-9,12,15H,4,7,10-11H2,1-3H3. The van der Waals surface area contributed by atoms with Gasteiger partial charge in [0.1, 0.15) is 0 Å². The number of aromatic nitrogens is 1. The van der Waals surface area contributed by atoms with Crippen molar-refractivity contribution in [3.63, 3.8) is 0 Å². The molecule has 1 atom stereocenters. The lowest BCUT2D eigenvalue weighted by Gasteiger charge is -2.21. The van der Waals surface area contributed by atoms with Gasteiger partial charge in [-0.15, -0.1) is 0 Å². The van der Waals surface area contributed by atoms with Gasteiger partial charge in [0.15, 0.2) is 0 Å². The molecule has 1 unspecified atom stereocenters. The molecule has 0 aliphatic heterocycles. The second-order valence-corrected chi connectivity index (χ2v) is 4.57. The summed E-state index contributed by atoms with van der Waals surface area (Å²) in [4.78, 5) is 17.8. The molecule has 0 saturated heterocycles. The number of hydrogen-bond acceptors (Lipinski definition) is 3. The Balaban J connectivity index is 2.35. The highest BCUT2D eigenvalue weighted by atomic mass is 16.2. The molecule has 4 heteroatoms. The molecule has 0 aliphatic carbocycles. The van der Waals surface area contributed by atoms with Crippen LogP contribution in [0.3, 0.4) is 0 Å².